The Labute approximate surface area is 177 Å². The van der Waals surface area contributed by atoms with Gasteiger partial charge in [-0.1, -0.05) is 12.1 Å². The van der Waals surface area contributed by atoms with Crippen LogP contribution in [0.25, 0.3) is 0 Å². The Hall–Kier alpha value is -2.25. The van der Waals surface area contributed by atoms with Crippen LogP contribution in [0.15, 0.2) is 18.2 Å². The van der Waals surface area contributed by atoms with Crippen LogP contribution in [-0.2, 0) is 22.7 Å². The first-order chi connectivity index (χ1) is 14.6. The van der Waals surface area contributed by atoms with Gasteiger partial charge in [-0.05, 0) is 68.2 Å². The molecule has 1 aromatic carbocycles. The van der Waals surface area contributed by atoms with E-state index in [0.717, 1.165) is 24.6 Å². The highest BCUT2D eigenvalue weighted by Crippen LogP contribution is 2.31. The molecule has 0 radical (unpaired) electrons. The summed E-state index contributed by atoms with van der Waals surface area (Å²) in [6.45, 7) is 2.38. The highest BCUT2D eigenvalue weighted by Gasteiger charge is 2.39. The van der Waals surface area contributed by atoms with Crippen LogP contribution in [0.3, 0.4) is 0 Å². The minimum Gasteiger partial charge on any atom is -0.322 e. The number of imide groups is 1. The van der Waals surface area contributed by atoms with E-state index in [9.17, 15) is 14.4 Å². The summed E-state index contributed by atoms with van der Waals surface area (Å²) in [5, 5.41) is 9.77. The summed E-state index contributed by atoms with van der Waals surface area (Å²) in [6.07, 6.45) is 7.08. The topological polar surface area (TPSA) is 90.5 Å². The van der Waals surface area contributed by atoms with Gasteiger partial charge in [0.1, 0.15) is 6.04 Å². The van der Waals surface area contributed by atoms with Crippen LogP contribution in [0.2, 0.25) is 0 Å². The lowest BCUT2D eigenvalue weighted by Crippen LogP contribution is -2.52. The van der Waals surface area contributed by atoms with Crippen LogP contribution in [-0.4, -0.2) is 47.3 Å². The Kier molecular flexibility index (Phi) is 5.33. The van der Waals surface area contributed by atoms with Crippen LogP contribution < -0.4 is 16.0 Å². The minimum absolute atomic E-state index is 0.110. The molecule has 5 rings (SSSR count). The van der Waals surface area contributed by atoms with Crippen LogP contribution in [0.1, 0.15) is 66.4 Å². The third kappa shape index (κ3) is 3.76. The van der Waals surface area contributed by atoms with Crippen molar-refractivity contribution in [3.05, 3.63) is 34.9 Å². The van der Waals surface area contributed by atoms with Gasteiger partial charge in [-0.3, -0.25) is 19.7 Å². The molecular weight excluding hydrogens is 380 g/mol. The van der Waals surface area contributed by atoms with Gasteiger partial charge in [0.15, 0.2) is 0 Å². The zero-order chi connectivity index (χ0) is 20.7. The lowest BCUT2D eigenvalue weighted by molar-refractivity contribution is -0.136. The van der Waals surface area contributed by atoms with Crippen LogP contribution in [0.4, 0.5) is 0 Å². The number of piperidine rings is 2. The molecule has 1 aliphatic carbocycles. The van der Waals surface area contributed by atoms with Crippen molar-refractivity contribution in [3.8, 4) is 0 Å². The van der Waals surface area contributed by atoms with Crippen molar-refractivity contribution in [2.24, 2.45) is 5.92 Å². The summed E-state index contributed by atoms with van der Waals surface area (Å²) in [5.74, 6) is 0.120. The second-order valence-corrected chi connectivity index (χ2v) is 9.25. The quantitative estimate of drug-likeness (QED) is 0.654. The molecule has 30 heavy (non-hydrogen) atoms. The largest absolute Gasteiger partial charge is 0.322 e. The maximum absolute atomic E-state index is 12.8. The lowest BCUT2D eigenvalue weighted by Gasteiger charge is -2.40. The number of nitrogens with zero attached hydrogens (tertiary/aromatic N) is 1. The van der Waals surface area contributed by atoms with E-state index in [0.29, 0.717) is 30.6 Å². The summed E-state index contributed by atoms with van der Waals surface area (Å²) < 4.78 is 0. The van der Waals surface area contributed by atoms with Gasteiger partial charge in [0.05, 0.1) is 0 Å². The monoisotopic (exact) mass is 410 g/mol. The molecule has 1 aromatic rings. The molecule has 160 valence electrons. The Morgan fingerprint density at radius 3 is 2.87 bits per heavy atom. The molecule has 3 aliphatic heterocycles. The fourth-order valence-electron chi connectivity index (χ4n) is 5.67. The normalized spacial score (nSPS) is 31.3. The molecule has 0 spiro atoms. The fraction of sp³-hybridized carbons (Fsp3) is 0.609. The average Bonchev–Trinajstić information content (AvgIpc) is 3.08. The fourth-order valence-corrected chi connectivity index (χ4v) is 5.67. The Morgan fingerprint density at radius 1 is 1.10 bits per heavy atom. The number of hydrogen-bond donors (Lipinski definition) is 3. The molecule has 2 saturated heterocycles. The Balaban J connectivity index is 1.20. The Morgan fingerprint density at radius 2 is 2.00 bits per heavy atom. The van der Waals surface area contributed by atoms with Crippen molar-refractivity contribution >= 4 is 17.7 Å². The van der Waals surface area contributed by atoms with E-state index in [-0.39, 0.29) is 24.1 Å². The van der Waals surface area contributed by atoms with Crippen molar-refractivity contribution in [1.29, 1.82) is 0 Å². The molecule has 4 atom stereocenters. The van der Waals surface area contributed by atoms with Gasteiger partial charge >= 0.3 is 0 Å². The third-order valence-electron chi connectivity index (χ3n) is 7.33. The predicted molar refractivity (Wildman–Crippen MR) is 111 cm³/mol. The van der Waals surface area contributed by atoms with E-state index in [1.54, 1.807) is 4.90 Å². The molecule has 7 heteroatoms. The highest BCUT2D eigenvalue weighted by molar-refractivity contribution is 6.05. The van der Waals surface area contributed by atoms with Gasteiger partial charge < -0.3 is 15.5 Å². The van der Waals surface area contributed by atoms with Gasteiger partial charge in [0.2, 0.25) is 11.8 Å². The third-order valence-corrected chi connectivity index (χ3v) is 7.33. The van der Waals surface area contributed by atoms with E-state index in [4.69, 9.17) is 0 Å². The molecule has 3 amide bonds. The molecule has 3 fully saturated rings. The number of carbonyl (C=O) groups excluding carboxylic acids is 3. The summed E-state index contributed by atoms with van der Waals surface area (Å²) in [4.78, 5) is 38.0. The van der Waals surface area contributed by atoms with Crippen molar-refractivity contribution in [2.75, 3.05) is 6.54 Å². The highest BCUT2D eigenvalue weighted by atomic mass is 16.2. The first kappa shape index (κ1) is 19.7. The number of benzene rings is 1. The number of rotatable bonds is 4. The van der Waals surface area contributed by atoms with E-state index >= 15 is 0 Å². The summed E-state index contributed by atoms with van der Waals surface area (Å²) in [7, 11) is 0. The second-order valence-electron chi connectivity index (χ2n) is 9.25. The average molecular weight is 411 g/mol. The molecule has 7 nitrogen and oxygen atoms in total. The number of carbonyl (C=O) groups is 3. The standard InChI is InChI=1S/C23H30N4O3/c28-21-8-7-20(22(29)26-21)27-13-16-10-14(3-6-18(16)23(27)30)12-25-17-5-4-15-2-1-9-24-19(15)11-17/h3,6,10,15,17,19-20,24-25H,1-2,4-5,7-9,11-13H2,(H,26,28,29). The zero-order valence-electron chi connectivity index (χ0n) is 17.3. The first-order valence-electron chi connectivity index (χ1n) is 11.3. The van der Waals surface area contributed by atoms with Crippen LogP contribution >= 0.6 is 0 Å². The first-order valence-corrected chi connectivity index (χ1v) is 11.3. The lowest BCUT2D eigenvalue weighted by atomic mass is 9.77. The van der Waals surface area contributed by atoms with Gasteiger partial charge in [-0.2, -0.15) is 0 Å². The second kappa shape index (κ2) is 8.12. The smallest absolute Gasteiger partial charge is 0.255 e. The van der Waals surface area contributed by atoms with Crippen molar-refractivity contribution in [3.63, 3.8) is 0 Å². The molecule has 0 aromatic heterocycles. The van der Waals surface area contributed by atoms with Gasteiger partial charge in [-0.15, -0.1) is 0 Å². The molecule has 4 unspecified atom stereocenters. The van der Waals surface area contributed by atoms with E-state index in [1.165, 1.54) is 37.7 Å². The number of fused-ring (bicyclic) bond motifs is 2. The predicted octanol–water partition coefficient (Wildman–Crippen LogP) is 1.46. The number of hydrogen-bond acceptors (Lipinski definition) is 5. The minimum atomic E-state index is -0.553. The van der Waals surface area contributed by atoms with Crippen LogP contribution in [0.5, 0.6) is 0 Å². The maximum Gasteiger partial charge on any atom is 0.255 e. The summed E-state index contributed by atoms with van der Waals surface area (Å²) >= 11 is 0. The van der Waals surface area contributed by atoms with Gasteiger partial charge in [0, 0.05) is 37.2 Å². The SMILES string of the molecule is O=C1CCC(N2Cc3cc(CNC4CCC5CCCNC5C4)ccc3C2=O)C(=O)N1. The summed E-state index contributed by atoms with van der Waals surface area (Å²) in [6, 6.07) is 6.64. The summed E-state index contributed by atoms with van der Waals surface area (Å²) in [5.41, 5.74) is 2.82. The van der Waals surface area contributed by atoms with Crippen LogP contribution in [0, 0.1) is 5.92 Å². The molecule has 3 heterocycles. The number of amides is 3. The van der Waals surface area contributed by atoms with Crippen molar-refractivity contribution in [2.45, 2.75) is 76.2 Å². The maximum atomic E-state index is 12.8. The zero-order valence-corrected chi connectivity index (χ0v) is 17.3. The van der Waals surface area contributed by atoms with Crippen molar-refractivity contribution in [1.82, 2.24) is 20.9 Å². The van der Waals surface area contributed by atoms with Crippen molar-refractivity contribution < 1.29 is 14.4 Å². The number of nitrogens with one attached hydrogen (secondary N) is 3. The molecule has 4 aliphatic rings. The molecule has 0 bridgehead atoms. The van der Waals surface area contributed by atoms with Gasteiger partial charge in [0.25, 0.3) is 5.91 Å². The van der Waals surface area contributed by atoms with E-state index < -0.39 is 6.04 Å². The van der Waals surface area contributed by atoms with Gasteiger partial charge in [-0.25, -0.2) is 0 Å². The van der Waals surface area contributed by atoms with E-state index in [2.05, 4.69) is 22.0 Å². The Bertz CT molecular complexity index is 870. The van der Waals surface area contributed by atoms with E-state index in [1.807, 2.05) is 12.1 Å². The molecular formula is C23H30N4O3. The molecule has 3 N–H and O–H groups in total. The molecule has 1 saturated carbocycles.